The molecule has 2 aromatic carbocycles. The van der Waals surface area contributed by atoms with Crippen LogP contribution >= 0.6 is 15.9 Å². The molecule has 1 atom stereocenters. The number of hydrogen-bond acceptors (Lipinski definition) is 2. The van der Waals surface area contributed by atoms with Gasteiger partial charge in [0.2, 0.25) is 0 Å². The zero-order valence-corrected chi connectivity index (χ0v) is 12.3. The highest BCUT2D eigenvalue weighted by molar-refractivity contribution is 9.09. The van der Waals surface area contributed by atoms with Crippen molar-refractivity contribution in [1.29, 1.82) is 0 Å². The monoisotopic (exact) mass is 324 g/mol. The summed E-state index contributed by atoms with van der Waals surface area (Å²) >= 11 is 3.52. The largest absolute Gasteiger partial charge is 0.493 e. The lowest BCUT2D eigenvalue weighted by Crippen LogP contribution is -1.98. The maximum Gasteiger partial charge on any atom is 0.161 e. The van der Waals surface area contributed by atoms with Gasteiger partial charge in [-0.25, -0.2) is 4.39 Å². The van der Waals surface area contributed by atoms with Crippen molar-refractivity contribution in [3.63, 3.8) is 0 Å². The van der Waals surface area contributed by atoms with E-state index in [1.165, 1.54) is 6.07 Å². The van der Waals surface area contributed by atoms with Crippen molar-refractivity contribution in [2.24, 2.45) is 0 Å². The predicted octanol–water partition coefficient (Wildman–Crippen LogP) is 4.33. The summed E-state index contributed by atoms with van der Waals surface area (Å²) in [5.41, 5.74) is 1.50. The van der Waals surface area contributed by atoms with E-state index in [9.17, 15) is 4.39 Å². The maximum atomic E-state index is 13.8. The highest BCUT2D eigenvalue weighted by Gasteiger charge is 2.16. The lowest BCUT2D eigenvalue weighted by molar-refractivity contribution is 0.354. The van der Waals surface area contributed by atoms with Gasteiger partial charge in [0, 0.05) is 5.56 Å². The Balaban J connectivity index is 2.39. The Morgan fingerprint density at radius 1 is 1.00 bits per heavy atom. The summed E-state index contributed by atoms with van der Waals surface area (Å²) in [5, 5.41) is 0. The second-order valence-corrected chi connectivity index (χ2v) is 4.91. The van der Waals surface area contributed by atoms with Gasteiger partial charge in [-0.1, -0.05) is 40.2 Å². The molecule has 0 heterocycles. The average Bonchev–Trinajstić information content (AvgIpc) is 2.46. The van der Waals surface area contributed by atoms with Gasteiger partial charge in [-0.2, -0.15) is 0 Å². The number of alkyl halides is 1. The summed E-state index contributed by atoms with van der Waals surface area (Å²) in [6.07, 6.45) is 0. The summed E-state index contributed by atoms with van der Waals surface area (Å²) in [5.74, 6) is 1.04. The fourth-order valence-electron chi connectivity index (χ4n) is 1.87. The molecule has 2 rings (SSSR count). The fraction of sp³-hybridized carbons (Fsp3) is 0.200. The Hall–Kier alpha value is -1.55. The minimum Gasteiger partial charge on any atom is -0.493 e. The third-order valence-corrected chi connectivity index (χ3v) is 3.90. The molecule has 1 unspecified atom stereocenters. The van der Waals surface area contributed by atoms with Gasteiger partial charge >= 0.3 is 0 Å². The Morgan fingerprint density at radius 3 is 2.32 bits per heavy atom. The van der Waals surface area contributed by atoms with Crippen molar-refractivity contribution in [3.05, 3.63) is 59.4 Å². The van der Waals surface area contributed by atoms with Crippen molar-refractivity contribution in [2.45, 2.75) is 4.83 Å². The molecule has 0 fully saturated rings. The molecule has 0 bridgehead atoms. The van der Waals surface area contributed by atoms with Crippen LogP contribution < -0.4 is 9.47 Å². The van der Waals surface area contributed by atoms with Crippen LogP contribution in [0.1, 0.15) is 16.0 Å². The lowest BCUT2D eigenvalue weighted by Gasteiger charge is -2.14. The highest BCUT2D eigenvalue weighted by atomic mass is 79.9. The molecular formula is C15H14BrFO2. The molecule has 0 aromatic heterocycles. The topological polar surface area (TPSA) is 18.5 Å². The van der Waals surface area contributed by atoms with Gasteiger partial charge in [0.25, 0.3) is 0 Å². The quantitative estimate of drug-likeness (QED) is 0.779. The Bertz CT molecular complexity index is 572. The summed E-state index contributed by atoms with van der Waals surface area (Å²) in [4.78, 5) is -0.228. The first kappa shape index (κ1) is 13.9. The molecular weight excluding hydrogens is 311 g/mol. The molecule has 0 N–H and O–H groups in total. The minimum atomic E-state index is -0.237. The summed E-state index contributed by atoms with van der Waals surface area (Å²) in [7, 11) is 3.16. The number of rotatable bonds is 4. The molecule has 0 aliphatic rings. The first-order valence-corrected chi connectivity index (χ1v) is 6.69. The van der Waals surface area contributed by atoms with Crippen molar-refractivity contribution in [2.75, 3.05) is 14.2 Å². The van der Waals surface area contributed by atoms with E-state index in [2.05, 4.69) is 15.9 Å². The normalized spacial score (nSPS) is 12.0. The fourth-order valence-corrected chi connectivity index (χ4v) is 2.53. The van der Waals surface area contributed by atoms with E-state index in [0.717, 1.165) is 5.56 Å². The van der Waals surface area contributed by atoms with Crippen LogP contribution in [-0.4, -0.2) is 14.2 Å². The van der Waals surface area contributed by atoms with Crippen LogP contribution in [0.3, 0.4) is 0 Å². The van der Waals surface area contributed by atoms with Gasteiger partial charge in [-0.05, 0) is 23.8 Å². The van der Waals surface area contributed by atoms with E-state index in [4.69, 9.17) is 9.47 Å². The molecule has 19 heavy (non-hydrogen) atoms. The van der Waals surface area contributed by atoms with E-state index in [-0.39, 0.29) is 10.6 Å². The van der Waals surface area contributed by atoms with Crippen LogP contribution in [0, 0.1) is 5.82 Å². The molecule has 0 amide bonds. The van der Waals surface area contributed by atoms with E-state index in [0.29, 0.717) is 17.1 Å². The predicted molar refractivity (Wildman–Crippen MR) is 76.7 cm³/mol. The zero-order chi connectivity index (χ0) is 13.8. The first-order chi connectivity index (χ1) is 9.17. The van der Waals surface area contributed by atoms with Crippen molar-refractivity contribution < 1.29 is 13.9 Å². The highest BCUT2D eigenvalue weighted by Crippen LogP contribution is 2.37. The molecule has 0 saturated carbocycles. The summed E-state index contributed by atoms with van der Waals surface area (Å²) in [6, 6.07) is 12.2. The van der Waals surface area contributed by atoms with Gasteiger partial charge in [-0.15, -0.1) is 0 Å². The molecule has 2 nitrogen and oxygen atoms in total. The standard InChI is InChI=1S/C15H14BrFO2/c1-18-13-8-7-10(9-14(13)19-2)15(16)11-5-3-4-6-12(11)17/h3-9,15H,1-2H3. The molecule has 100 valence electrons. The third kappa shape index (κ3) is 2.89. The van der Waals surface area contributed by atoms with Crippen molar-refractivity contribution in [1.82, 2.24) is 0 Å². The van der Waals surface area contributed by atoms with Gasteiger partial charge in [0.1, 0.15) is 5.82 Å². The molecule has 4 heteroatoms. The first-order valence-electron chi connectivity index (χ1n) is 5.77. The zero-order valence-electron chi connectivity index (χ0n) is 10.7. The average molecular weight is 325 g/mol. The second-order valence-electron chi connectivity index (χ2n) is 4.00. The second kappa shape index (κ2) is 6.06. The SMILES string of the molecule is COc1ccc(C(Br)c2ccccc2F)cc1OC. The molecule has 2 aromatic rings. The molecule has 0 radical (unpaired) electrons. The van der Waals surface area contributed by atoms with Crippen molar-refractivity contribution in [3.8, 4) is 11.5 Å². The molecule has 0 aliphatic carbocycles. The van der Waals surface area contributed by atoms with Crippen LogP contribution in [0.25, 0.3) is 0 Å². The van der Waals surface area contributed by atoms with Crippen LogP contribution in [0.15, 0.2) is 42.5 Å². The Morgan fingerprint density at radius 2 is 1.68 bits per heavy atom. The maximum absolute atomic E-state index is 13.8. The van der Waals surface area contributed by atoms with Crippen molar-refractivity contribution >= 4 is 15.9 Å². The lowest BCUT2D eigenvalue weighted by atomic mass is 10.0. The molecule has 0 saturated heterocycles. The van der Waals surface area contributed by atoms with E-state index >= 15 is 0 Å². The van der Waals surface area contributed by atoms with E-state index in [1.54, 1.807) is 26.4 Å². The smallest absolute Gasteiger partial charge is 0.161 e. The van der Waals surface area contributed by atoms with E-state index in [1.807, 2.05) is 24.3 Å². The molecule has 0 spiro atoms. The van der Waals surface area contributed by atoms with Gasteiger partial charge in [0.05, 0.1) is 19.0 Å². The minimum absolute atomic E-state index is 0.228. The number of halogens is 2. The van der Waals surface area contributed by atoms with Gasteiger partial charge in [0.15, 0.2) is 11.5 Å². The summed E-state index contributed by atoms with van der Waals surface area (Å²) < 4.78 is 24.2. The van der Waals surface area contributed by atoms with Crippen LogP contribution in [-0.2, 0) is 0 Å². The van der Waals surface area contributed by atoms with Crippen LogP contribution in [0.2, 0.25) is 0 Å². The third-order valence-electron chi connectivity index (χ3n) is 2.88. The van der Waals surface area contributed by atoms with Crippen LogP contribution in [0.5, 0.6) is 11.5 Å². The van der Waals surface area contributed by atoms with Gasteiger partial charge in [-0.3, -0.25) is 0 Å². The number of hydrogen-bond donors (Lipinski definition) is 0. The van der Waals surface area contributed by atoms with E-state index < -0.39 is 0 Å². The number of benzene rings is 2. The number of ether oxygens (including phenoxy) is 2. The Labute approximate surface area is 120 Å². The van der Waals surface area contributed by atoms with Gasteiger partial charge < -0.3 is 9.47 Å². The molecule has 0 aliphatic heterocycles. The van der Waals surface area contributed by atoms with Crippen LogP contribution in [0.4, 0.5) is 4.39 Å². The Kier molecular flexibility index (Phi) is 4.43. The summed E-state index contributed by atoms with van der Waals surface area (Å²) in [6.45, 7) is 0. The number of methoxy groups -OCH3 is 2.